The van der Waals surface area contributed by atoms with E-state index in [9.17, 15) is 8.42 Å². The predicted molar refractivity (Wildman–Crippen MR) is 101 cm³/mol. The van der Waals surface area contributed by atoms with Crippen molar-refractivity contribution in [1.82, 2.24) is 8.87 Å². The number of rotatable bonds is 3. The second-order valence-corrected chi connectivity index (χ2v) is 8.82. The van der Waals surface area contributed by atoms with Crippen LogP contribution in [0.1, 0.15) is 17.3 Å². The summed E-state index contributed by atoms with van der Waals surface area (Å²) in [6.45, 7) is 1.10. The molecule has 0 amide bonds. The van der Waals surface area contributed by atoms with Crippen LogP contribution in [0.4, 0.5) is 0 Å². The van der Waals surface area contributed by atoms with E-state index < -0.39 is 10.0 Å². The minimum absolute atomic E-state index is 0.316. The lowest BCUT2D eigenvalue weighted by atomic mass is 10.0. The standard InChI is InChI=1S/C19H17BrN2O2S/c20-16-8-10-17(11-9-16)25(23,24)22-14-13-21-12-4-7-18(21)19(22)15-5-2-1-3-6-15/h1-12,19H,13-14H2/t19-/m0/s1. The van der Waals surface area contributed by atoms with Gasteiger partial charge < -0.3 is 4.57 Å². The van der Waals surface area contributed by atoms with E-state index in [4.69, 9.17) is 0 Å². The van der Waals surface area contributed by atoms with Crippen molar-refractivity contribution in [2.75, 3.05) is 6.54 Å². The first-order valence-electron chi connectivity index (χ1n) is 8.05. The summed E-state index contributed by atoms with van der Waals surface area (Å²) >= 11 is 3.36. The fourth-order valence-electron chi connectivity index (χ4n) is 3.34. The number of sulfonamides is 1. The van der Waals surface area contributed by atoms with Gasteiger partial charge in [0.1, 0.15) is 0 Å². The number of hydrogen-bond acceptors (Lipinski definition) is 2. The van der Waals surface area contributed by atoms with Gasteiger partial charge in [-0.3, -0.25) is 0 Å². The zero-order chi connectivity index (χ0) is 17.4. The molecule has 6 heteroatoms. The molecule has 0 spiro atoms. The molecule has 0 N–H and O–H groups in total. The van der Waals surface area contributed by atoms with E-state index in [0.717, 1.165) is 15.7 Å². The number of nitrogens with zero attached hydrogens (tertiary/aromatic N) is 2. The molecule has 2 heterocycles. The number of aromatic nitrogens is 1. The van der Waals surface area contributed by atoms with E-state index in [-0.39, 0.29) is 6.04 Å². The highest BCUT2D eigenvalue weighted by atomic mass is 79.9. The molecule has 1 aliphatic rings. The predicted octanol–water partition coefficient (Wildman–Crippen LogP) is 4.04. The number of fused-ring (bicyclic) bond motifs is 1. The molecule has 0 saturated heterocycles. The van der Waals surface area contributed by atoms with Gasteiger partial charge in [0.05, 0.1) is 10.9 Å². The molecule has 0 radical (unpaired) electrons. The van der Waals surface area contributed by atoms with E-state index in [0.29, 0.717) is 18.0 Å². The minimum Gasteiger partial charge on any atom is -0.348 e. The summed E-state index contributed by atoms with van der Waals surface area (Å²) in [5.41, 5.74) is 1.97. The third kappa shape index (κ3) is 2.94. The Balaban J connectivity index is 1.84. The smallest absolute Gasteiger partial charge is 0.244 e. The molecular formula is C19H17BrN2O2S. The van der Waals surface area contributed by atoms with Crippen LogP contribution in [0.3, 0.4) is 0 Å². The van der Waals surface area contributed by atoms with Gasteiger partial charge in [-0.2, -0.15) is 4.31 Å². The highest BCUT2D eigenvalue weighted by Crippen LogP contribution is 2.36. The zero-order valence-corrected chi connectivity index (χ0v) is 15.8. The average molecular weight is 417 g/mol. The van der Waals surface area contributed by atoms with Crippen molar-refractivity contribution < 1.29 is 8.42 Å². The van der Waals surface area contributed by atoms with Crippen LogP contribution in [0.25, 0.3) is 0 Å². The summed E-state index contributed by atoms with van der Waals surface area (Å²) in [7, 11) is -3.60. The monoisotopic (exact) mass is 416 g/mol. The molecule has 3 aromatic rings. The van der Waals surface area contributed by atoms with Crippen LogP contribution < -0.4 is 0 Å². The summed E-state index contributed by atoms with van der Waals surface area (Å²) in [4.78, 5) is 0.316. The first-order valence-corrected chi connectivity index (χ1v) is 10.3. The van der Waals surface area contributed by atoms with Gasteiger partial charge in [-0.15, -0.1) is 0 Å². The Morgan fingerprint density at radius 3 is 2.32 bits per heavy atom. The Hall–Kier alpha value is -1.89. The summed E-state index contributed by atoms with van der Waals surface area (Å²) in [5, 5.41) is 0. The van der Waals surface area contributed by atoms with Crippen LogP contribution >= 0.6 is 15.9 Å². The maximum atomic E-state index is 13.3. The Labute approximate surface area is 155 Å². The molecule has 2 aromatic carbocycles. The summed E-state index contributed by atoms with van der Waals surface area (Å²) in [6, 6.07) is 20.3. The number of hydrogen-bond donors (Lipinski definition) is 0. The van der Waals surface area contributed by atoms with Crippen LogP contribution in [-0.4, -0.2) is 23.8 Å². The molecule has 1 aromatic heterocycles. The highest BCUT2D eigenvalue weighted by molar-refractivity contribution is 9.10. The second kappa shape index (κ2) is 6.44. The molecule has 1 aliphatic heterocycles. The largest absolute Gasteiger partial charge is 0.348 e. The maximum absolute atomic E-state index is 13.3. The van der Waals surface area contributed by atoms with Crippen LogP contribution in [0.15, 0.2) is 82.3 Å². The molecule has 0 bridgehead atoms. The Morgan fingerprint density at radius 1 is 0.880 bits per heavy atom. The molecule has 4 rings (SSSR count). The molecule has 0 aliphatic carbocycles. The van der Waals surface area contributed by atoms with Crippen molar-refractivity contribution in [2.45, 2.75) is 17.5 Å². The van der Waals surface area contributed by atoms with Crippen molar-refractivity contribution in [2.24, 2.45) is 0 Å². The Kier molecular flexibility index (Phi) is 4.27. The molecule has 4 nitrogen and oxygen atoms in total. The van der Waals surface area contributed by atoms with Gasteiger partial charge in [-0.1, -0.05) is 46.3 Å². The maximum Gasteiger partial charge on any atom is 0.244 e. The topological polar surface area (TPSA) is 42.3 Å². The second-order valence-electron chi connectivity index (χ2n) is 6.01. The van der Waals surface area contributed by atoms with Crippen molar-refractivity contribution in [3.8, 4) is 0 Å². The van der Waals surface area contributed by atoms with E-state index in [1.54, 1.807) is 28.6 Å². The third-order valence-electron chi connectivity index (χ3n) is 4.53. The molecular weight excluding hydrogens is 400 g/mol. The van der Waals surface area contributed by atoms with E-state index in [1.165, 1.54) is 0 Å². The SMILES string of the molecule is O=S(=O)(c1ccc(Br)cc1)N1CCn2cccc2[C@@H]1c1ccccc1. The fraction of sp³-hybridized carbons (Fsp3) is 0.158. The number of halogens is 1. The van der Waals surface area contributed by atoms with Crippen molar-refractivity contribution >= 4 is 26.0 Å². The van der Waals surface area contributed by atoms with Gasteiger partial charge in [-0.25, -0.2) is 8.42 Å². The lowest BCUT2D eigenvalue weighted by molar-refractivity contribution is 0.298. The average Bonchev–Trinajstić information content (AvgIpc) is 3.10. The Bertz CT molecular complexity index is 982. The minimum atomic E-state index is -3.60. The molecule has 128 valence electrons. The van der Waals surface area contributed by atoms with Crippen molar-refractivity contribution in [1.29, 1.82) is 0 Å². The molecule has 0 unspecified atom stereocenters. The Morgan fingerprint density at radius 2 is 1.60 bits per heavy atom. The quantitative estimate of drug-likeness (QED) is 0.646. The first kappa shape index (κ1) is 16.6. The van der Waals surface area contributed by atoms with Crippen LogP contribution in [-0.2, 0) is 16.6 Å². The fourth-order valence-corrected chi connectivity index (χ4v) is 5.18. The first-order chi connectivity index (χ1) is 12.1. The van der Waals surface area contributed by atoms with Gasteiger partial charge in [0.2, 0.25) is 10.0 Å². The van der Waals surface area contributed by atoms with Gasteiger partial charge in [0.15, 0.2) is 0 Å². The summed E-state index contributed by atoms with van der Waals surface area (Å²) in [5.74, 6) is 0. The van der Waals surface area contributed by atoms with Gasteiger partial charge in [0.25, 0.3) is 0 Å². The van der Waals surface area contributed by atoms with Crippen LogP contribution in [0.5, 0.6) is 0 Å². The molecule has 25 heavy (non-hydrogen) atoms. The van der Waals surface area contributed by atoms with Gasteiger partial charge in [-0.05, 0) is 42.0 Å². The lowest BCUT2D eigenvalue weighted by Gasteiger charge is -2.36. The van der Waals surface area contributed by atoms with E-state index >= 15 is 0 Å². The highest BCUT2D eigenvalue weighted by Gasteiger charge is 2.37. The lowest BCUT2D eigenvalue weighted by Crippen LogP contribution is -2.42. The summed E-state index contributed by atoms with van der Waals surface area (Å²) < 4.78 is 31.2. The molecule has 1 atom stereocenters. The van der Waals surface area contributed by atoms with Gasteiger partial charge >= 0.3 is 0 Å². The third-order valence-corrected chi connectivity index (χ3v) is 6.94. The summed E-state index contributed by atoms with van der Waals surface area (Å²) in [6.07, 6.45) is 2.01. The van der Waals surface area contributed by atoms with Crippen molar-refractivity contribution in [3.63, 3.8) is 0 Å². The van der Waals surface area contributed by atoms with Crippen LogP contribution in [0.2, 0.25) is 0 Å². The normalized spacial score (nSPS) is 18.0. The number of benzene rings is 2. The van der Waals surface area contributed by atoms with E-state index in [1.807, 2.05) is 48.7 Å². The molecule has 0 saturated carbocycles. The zero-order valence-electron chi connectivity index (χ0n) is 13.4. The van der Waals surface area contributed by atoms with Crippen molar-refractivity contribution in [3.05, 3.63) is 88.7 Å². The van der Waals surface area contributed by atoms with Crippen LogP contribution in [0, 0.1) is 0 Å². The van der Waals surface area contributed by atoms with E-state index in [2.05, 4.69) is 20.5 Å². The molecule has 0 fully saturated rings. The van der Waals surface area contributed by atoms with Gasteiger partial charge in [0, 0.05) is 29.5 Å².